The second-order valence-corrected chi connectivity index (χ2v) is 5.63. The van der Waals surface area contributed by atoms with Crippen LogP contribution in [0.4, 0.5) is 0 Å². The van der Waals surface area contributed by atoms with Crippen molar-refractivity contribution in [2.45, 2.75) is 17.8 Å². The quantitative estimate of drug-likeness (QED) is 0.734. The summed E-state index contributed by atoms with van der Waals surface area (Å²) in [6.07, 6.45) is 0. The van der Waals surface area contributed by atoms with Crippen LogP contribution in [0.15, 0.2) is 52.0 Å². The number of hydrogen-bond acceptors (Lipinski definition) is 4. The number of aromatic nitrogens is 1. The Morgan fingerprint density at radius 3 is 2.86 bits per heavy atom. The van der Waals surface area contributed by atoms with Gasteiger partial charge in [-0.2, -0.15) is 0 Å². The molecule has 0 spiro atoms. The van der Waals surface area contributed by atoms with Crippen LogP contribution in [-0.2, 0) is 5.75 Å². The third kappa shape index (κ3) is 2.92. The fourth-order valence-corrected chi connectivity index (χ4v) is 3.03. The average Bonchev–Trinajstić information content (AvgIpc) is 2.93. The molecule has 2 heterocycles. The molecule has 0 amide bonds. The van der Waals surface area contributed by atoms with Gasteiger partial charge in [-0.05, 0) is 36.8 Å². The molecule has 0 unspecified atom stereocenters. The van der Waals surface area contributed by atoms with E-state index in [2.05, 4.69) is 11.1 Å². The van der Waals surface area contributed by atoms with Crippen LogP contribution in [0.3, 0.4) is 0 Å². The molecule has 0 atom stereocenters. The van der Waals surface area contributed by atoms with Crippen LogP contribution in [0, 0.1) is 6.92 Å². The number of benzene rings is 1. The number of pyridine rings is 1. The molecular weight excluding hydrogens is 286 g/mol. The van der Waals surface area contributed by atoms with E-state index in [4.69, 9.17) is 9.52 Å². The summed E-state index contributed by atoms with van der Waals surface area (Å²) >= 11 is 1.48. The van der Waals surface area contributed by atoms with Gasteiger partial charge in [0.25, 0.3) is 0 Å². The van der Waals surface area contributed by atoms with Gasteiger partial charge in [0.15, 0.2) is 5.09 Å². The predicted octanol–water partition coefficient (Wildman–Crippen LogP) is 4.13. The second-order valence-electron chi connectivity index (χ2n) is 4.65. The molecule has 0 saturated heterocycles. The largest absolute Gasteiger partial charge is 0.475 e. The van der Waals surface area contributed by atoms with Gasteiger partial charge in [0, 0.05) is 16.8 Å². The lowest BCUT2D eigenvalue weighted by Crippen LogP contribution is -1.91. The number of aryl methyl sites for hydroxylation is 1. The maximum atomic E-state index is 10.8. The average molecular weight is 299 g/mol. The third-order valence-corrected chi connectivity index (χ3v) is 4.05. The number of carboxylic acids is 1. The molecule has 2 aromatic heterocycles. The Labute approximate surface area is 125 Å². The van der Waals surface area contributed by atoms with Gasteiger partial charge in [0.05, 0.1) is 5.52 Å². The molecule has 0 saturated carbocycles. The van der Waals surface area contributed by atoms with Crippen molar-refractivity contribution < 1.29 is 14.3 Å². The van der Waals surface area contributed by atoms with Crippen molar-refractivity contribution in [2.24, 2.45) is 0 Å². The van der Waals surface area contributed by atoms with Crippen LogP contribution in [0.1, 0.15) is 21.8 Å². The first-order chi connectivity index (χ1) is 10.1. The number of aromatic carboxylic acids is 1. The Morgan fingerprint density at radius 1 is 1.29 bits per heavy atom. The molecule has 1 aromatic carbocycles. The lowest BCUT2D eigenvalue weighted by Gasteiger charge is -2.06. The number of para-hydroxylation sites is 1. The molecule has 1 N–H and O–H groups in total. The Hall–Kier alpha value is -2.27. The summed E-state index contributed by atoms with van der Waals surface area (Å²) < 4.78 is 5.26. The monoisotopic (exact) mass is 299 g/mol. The molecule has 3 aromatic rings. The molecule has 5 heteroatoms. The number of carboxylic acid groups (broad SMARTS) is 1. The molecule has 106 valence electrons. The van der Waals surface area contributed by atoms with Gasteiger partial charge >= 0.3 is 5.97 Å². The first kappa shape index (κ1) is 13.7. The van der Waals surface area contributed by atoms with E-state index in [0.29, 0.717) is 10.8 Å². The highest BCUT2D eigenvalue weighted by molar-refractivity contribution is 7.98. The van der Waals surface area contributed by atoms with Gasteiger partial charge in [-0.15, -0.1) is 0 Å². The molecule has 0 fully saturated rings. The normalized spacial score (nSPS) is 10.9. The fourth-order valence-electron chi connectivity index (χ4n) is 2.18. The van der Waals surface area contributed by atoms with Gasteiger partial charge in [-0.3, -0.25) is 4.98 Å². The van der Waals surface area contributed by atoms with E-state index in [1.807, 2.05) is 31.2 Å². The number of rotatable bonds is 4. The molecule has 21 heavy (non-hydrogen) atoms. The number of carbonyl (C=O) groups is 1. The number of thioether (sulfide) groups is 1. The zero-order valence-electron chi connectivity index (χ0n) is 11.4. The SMILES string of the molecule is Cc1cc(CSc2ccc(C(=O)O)o2)c2ccccc2n1. The van der Waals surface area contributed by atoms with Crippen LogP contribution in [0.25, 0.3) is 10.9 Å². The zero-order valence-corrected chi connectivity index (χ0v) is 12.2. The molecular formula is C16H13NO3S. The van der Waals surface area contributed by atoms with Gasteiger partial charge < -0.3 is 9.52 Å². The minimum atomic E-state index is -1.05. The van der Waals surface area contributed by atoms with Gasteiger partial charge in [0.2, 0.25) is 5.76 Å². The molecule has 0 bridgehead atoms. The Bertz CT molecular complexity index is 810. The highest BCUT2D eigenvalue weighted by Crippen LogP contribution is 2.28. The van der Waals surface area contributed by atoms with E-state index in [0.717, 1.165) is 22.2 Å². The topological polar surface area (TPSA) is 63.3 Å². The molecule has 0 aliphatic heterocycles. The lowest BCUT2D eigenvalue weighted by atomic mass is 10.1. The maximum absolute atomic E-state index is 10.8. The predicted molar refractivity (Wildman–Crippen MR) is 81.7 cm³/mol. The van der Waals surface area contributed by atoms with Gasteiger partial charge in [-0.25, -0.2) is 4.79 Å². The van der Waals surface area contributed by atoms with E-state index < -0.39 is 5.97 Å². The van der Waals surface area contributed by atoms with Crippen molar-refractivity contribution in [1.29, 1.82) is 0 Å². The van der Waals surface area contributed by atoms with E-state index in [1.165, 1.54) is 17.8 Å². The van der Waals surface area contributed by atoms with Crippen LogP contribution in [-0.4, -0.2) is 16.1 Å². The summed E-state index contributed by atoms with van der Waals surface area (Å²) in [5.41, 5.74) is 3.10. The maximum Gasteiger partial charge on any atom is 0.371 e. The zero-order chi connectivity index (χ0) is 14.8. The fraction of sp³-hybridized carbons (Fsp3) is 0.125. The Balaban J connectivity index is 1.86. The summed E-state index contributed by atoms with van der Waals surface area (Å²) in [5.74, 6) is -0.378. The first-order valence-electron chi connectivity index (χ1n) is 6.44. The van der Waals surface area contributed by atoms with Crippen molar-refractivity contribution in [1.82, 2.24) is 4.98 Å². The number of nitrogens with zero attached hydrogens (tertiary/aromatic N) is 1. The first-order valence-corrected chi connectivity index (χ1v) is 7.43. The van der Waals surface area contributed by atoms with Crippen LogP contribution >= 0.6 is 11.8 Å². The van der Waals surface area contributed by atoms with Crippen LogP contribution < -0.4 is 0 Å². The molecule has 3 rings (SSSR count). The summed E-state index contributed by atoms with van der Waals surface area (Å²) in [7, 11) is 0. The van der Waals surface area contributed by atoms with E-state index in [1.54, 1.807) is 6.07 Å². The Morgan fingerprint density at radius 2 is 2.10 bits per heavy atom. The smallest absolute Gasteiger partial charge is 0.371 e. The number of fused-ring (bicyclic) bond motifs is 1. The summed E-state index contributed by atoms with van der Waals surface area (Å²) in [5, 5.41) is 10.6. The highest BCUT2D eigenvalue weighted by atomic mass is 32.2. The van der Waals surface area contributed by atoms with E-state index in [9.17, 15) is 4.79 Å². The molecule has 0 radical (unpaired) electrons. The third-order valence-electron chi connectivity index (χ3n) is 3.09. The Kier molecular flexibility index (Phi) is 3.66. The van der Waals surface area contributed by atoms with Crippen molar-refractivity contribution in [2.75, 3.05) is 0 Å². The molecule has 4 nitrogen and oxygen atoms in total. The second kappa shape index (κ2) is 5.61. The minimum Gasteiger partial charge on any atom is -0.475 e. The van der Waals surface area contributed by atoms with Gasteiger partial charge in [-0.1, -0.05) is 30.0 Å². The molecule has 0 aliphatic carbocycles. The lowest BCUT2D eigenvalue weighted by molar-refractivity contribution is 0.0656. The molecule has 0 aliphatic rings. The number of hydrogen-bond donors (Lipinski definition) is 1. The van der Waals surface area contributed by atoms with Crippen LogP contribution in [0.2, 0.25) is 0 Å². The summed E-state index contributed by atoms with van der Waals surface area (Å²) in [4.78, 5) is 15.3. The summed E-state index contributed by atoms with van der Waals surface area (Å²) in [6, 6.07) is 13.2. The van der Waals surface area contributed by atoms with Crippen molar-refractivity contribution in [3.63, 3.8) is 0 Å². The summed E-state index contributed by atoms with van der Waals surface area (Å²) in [6.45, 7) is 1.97. The number of furan rings is 1. The van der Waals surface area contributed by atoms with E-state index >= 15 is 0 Å². The van der Waals surface area contributed by atoms with Crippen molar-refractivity contribution in [3.8, 4) is 0 Å². The standard InChI is InChI=1S/C16H13NO3S/c1-10-8-11(12-4-2-3-5-13(12)17-10)9-21-15-7-6-14(20-15)16(18)19/h2-8H,9H2,1H3,(H,18,19). The van der Waals surface area contributed by atoms with Gasteiger partial charge in [0.1, 0.15) is 0 Å². The van der Waals surface area contributed by atoms with E-state index in [-0.39, 0.29) is 5.76 Å². The van der Waals surface area contributed by atoms with Crippen molar-refractivity contribution in [3.05, 3.63) is 59.5 Å². The van der Waals surface area contributed by atoms with Crippen molar-refractivity contribution >= 4 is 28.6 Å². The highest BCUT2D eigenvalue weighted by Gasteiger charge is 2.10. The minimum absolute atomic E-state index is 0.0340. The van der Waals surface area contributed by atoms with Crippen LogP contribution in [0.5, 0.6) is 0 Å².